The van der Waals surface area contributed by atoms with Crippen LogP contribution in [0.3, 0.4) is 0 Å². The fourth-order valence-electron chi connectivity index (χ4n) is 1.31. The van der Waals surface area contributed by atoms with Gasteiger partial charge in [-0.3, -0.25) is 4.57 Å². The molecule has 0 saturated heterocycles. The van der Waals surface area contributed by atoms with Crippen molar-refractivity contribution >= 4 is 34.9 Å². The van der Waals surface area contributed by atoms with Crippen LogP contribution in [0.1, 0.15) is 0 Å². The molecule has 0 aliphatic rings. The second-order valence-corrected chi connectivity index (χ2v) is 8.08. The van der Waals surface area contributed by atoms with Crippen molar-refractivity contribution in [2.75, 3.05) is 0 Å². The van der Waals surface area contributed by atoms with Gasteiger partial charge in [0.1, 0.15) is 0 Å². The van der Waals surface area contributed by atoms with E-state index < -0.39 is 6.57 Å². The zero-order valence-corrected chi connectivity index (χ0v) is 11.3. The third kappa shape index (κ3) is 3.36. The Bertz CT molecular complexity index is 542. The van der Waals surface area contributed by atoms with Crippen LogP contribution in [0, 0.1) is 0 Å². The van der Waals surface area contributed by atoms with E-state index in [0.29, 0.717) is 10.3 Å². The normalized spacial score (nSPS) is 14.2. The maximum Gasteiger partial charge on any atom is 0.289 e. The van der Waals surface area contributed by atoms with Crippen molar-refractivity contribution in [3.63, 3.8) is 0 Å². The van der Waals surface area contributed by atoms with Crippen molar-refractivity contribution < 1.29 is 9.46 Å². The average molecular weight is 285 g/mol. The van der Waals surface area contributed by atoms with Crippen LogP contribution in [0.15, 0.2) is 59.5 Å². The van der Waals surface area contributed by atoms with Crippen LogP contribution in [0.4, 0.5) is 0 Å². The summed E-state index contributed by atoms with van der Waals surface area (Å²) >= 11 is 6.72. The molecule has 0 radical (unpaired) electrons. The van der Waals surface area contributed by atoms with Crippen molar-refractivity contribution in [2.45, 2.75) is 4.90 Å². The molecule has 0 aliphatic heterocycles. The minimum absolute atomic E-state index is 0.444. The standard InChI is InChI=1S/C12H10ClO2PS/c13-10-6-8-12(9-7-10)17-16(14,15)11-4-2-1-3-5-11/h1-9H,(H,14,15). The zero-order chi connectivity index (χ0) is 12.3. The molecule has 1 N–H and O–H groups in total. The number of benzene rings is 2. The van der Waals surface area contributed by atoms with Gasteiger partial charge >= 0.3 is 0 Å². The number of rotatable bonds is 3. The van der Waals surface area contributed by atoms with E-state index in [2.05, 4.69) is 0 Å². The van der Waals surface area contributed by atoms with E-state index in [0.717, 1.165) is 16.3 Å². The molecule has 0 heterocycles. The summed E-state index contributed by atoms with van der Waals surface area (Å²) in [6.45, 7) is -3.41. The maximum absolute atomic E-state index is 12.2. The van der Waals surface area contributed by atoms with Gasteiger partial charge in [-0.25, -0.2) is 0 Å². The summed E-state index contributed by atoms with van der Waals surface area (Å²) in [6.07, 6.45) is 0. The highest BCUT2D eigenvalue weighted by molar-refractivity contribution is 8.58. The van der Waals surface area contributed by atoms with Crippen molar-refractivity contribution in [2.24, 2.45) is 0 Å². The predicted octanol–water partition coefficient (Wildman–Crippen LogP) is 3.94. The number of halogens is 1. The SMILES string of the molecule is O=P(O)(Sc1ccc(Cl)cc1)c1ccccc1. The van der Waals surface area contributed by atoms with E-state index in [9.17, 15) is 9.46 Å². The van der Waals surface area contributed by atoms with E-state index in [1.165, 1.54) is 0 Å². The molecule has 0 amide bonds. The molecule has 17 heavy (non-hydrogen) atoms. The van der Waals surface area contributed by atoms with Gasteiger partial charge in [0.15, 0.2) is 0 Å². The second kappa shape index (κ2) is 5.28. The molecule has 0 bridgehead atoms. The van der Waals surface area contributed by atoms with Gasteiger partial charge in [0.05, 0.1) is 0 Å². The molecule has 0 saturated carbocycles. The lowest BCUT2D eigenvalue weighted by atomic mass is 10.4. The molecule has 0 fully saturated rings. The summed E-state index contributed by atoms with van der Waals surface area (Å²) in [7, 11) is 0. The highest BCUT2D eigenvalue weighted by atomic mass is 35.5. The van der Waals surface area contributed by atoms with E-state index in [4.69, 9.17) is 11.6 Å². The van der Waals surface area contributed by atoms with Crippen molar-refractivity contribution in [3.8, 4) is 0 Å². The smallest absolute Gasteiger partial charge is 0.289 e. The van der Waals surface area contributed by atoms with Gasteiger partial charge in [0.25, 0.3) is 6.57 Å². The van der Waals surface area contributed by atoms with Crippen LogP contribution in [0.5, 0.6) is 0 Å². The molecule has 2 aromatic carbocycles. The van der Waals surface area contributed by atoms with Crippen LogP contribution in [-0.4, -0.2) is 4.89 Å². The molecule has 0 spiro atoms. The van der Waals surface area contributed by atoms with Crippen LogP contribution < -0.4 is 5.30 Å². The Kier molecular flexibility index (Phi) is 3.95. The average Bonchev–Trinajstić information content (AvgIpc) is 2.33. The van der Waals surface area contributed by atoms with Crippen LogP contribution in [0.2, 0.25) is 5.02 Å². The Balaban J connectivity index is 2.23. The lowest BCUT2D eigenvalue weighted by Gasteiger charge is -2.10. The van der Waals surface area contributed by atoms with Crippen LogP contribution in [0.25, 0.3) is 0 Å². The number of hydrogen-bond acceptors (Lipinski definition) is 2. The Hall–Kier alpha value is -0.730. The van der Waals surface area contributed by atoms with E-state index >= 15 is 0 Å². The first kappa shape index (κ1) is 12.7. The summed E-state index contributed by atoms with van der Waals surface area (Å²) in [4.78, 5) is 10.7. The third-order valence-electron chi connectivity index (χ3n) is 2.13. The van der Waals surface area contributed by atoms with Crippen molar-refractivity contribution in [1.29, 1.82) is 0 Å². The summed E-state index contributed by atoms with van der Waals surface area (Å²) in [5.41, 5.74) is 0. The lowest BCUT2D eigenvalue weighted by Crippen LogP contribution is -1.99. The first-order valence-electron chi connectivity index (χ1n) is 4.91. The topological polar surface area (TPSA) is 37.3 Å². The summed E-state index contributed by atoms with van der Waals surface area (Å²) < 4.78 is 12.2. The molecule has 5 heteroatoms. The monoisotopic (exact) mass is 284 g/mol. The molecule has 1 atom stereocenters. The van der Waals surface area contributed by atoms with Gasteiger partial charge in [-0.05, 0) is 47.8 Å². The van der Waals surface area contributed by atoms with Gasteiger partial charge in [0.2, 0.25) is 0 Å². The fourth-order valence-corrected chi connectivity index (χ4v) is 4.54. The number of hydrogen-bond donors (Lipinski definition) is 1. The van der Waals surface area contributed by atoms with Gasteiger partial charge in [-0.2, -0.15) is 0 Å². The predicted molar refractivity (Wildman–Crippen MR) is 73.2 cm³/mol. The first-order chi connectivity index (χ1) is 8.08. The van der Waals surface area contributed by atoms with E-state index in [-0.39, 0.29) is 0 Å². The lowest BCUT2D eigenvalue weighted by molar-refractivity contribution is 0.508. The molecule has 88 valence electrons. The fraction of sp³-hybridized carbons (Fsp3) is 0. The Labute approximate surface area is 109 Å². The van der Waals surface area contributed by atoms with E-state index in [1.54, 1.807) is 48.5 Å². The molecule has 0 aromatic heterocycles. The Morgan fingerprint density at radius 1 is 1.00 bits per heavy atom. The molecular formula is C12H10ClO2PS. The summed E-state index contributed by atoms with van der Waals surface area (Å²) in [5, 5.41) is 1.06. The van der Waals surface area contributed by atoms with E-state index in [1.807, 2.05) is 6.07 Å². The van der Waals surface area contributed by atoms with Gasteiger partial charge in [0, 0.05) is 15.2 Å². The van der Waals surface area contributed by atoms with Crippen LogP contribution >= 0.6 is 29.6 Å². The van der Waals surface area contributed by atoms with Crippen molar-refractivity contribution in [1.82, 2.24) is 0 Å². The summed E-state index contributed by atoms with van der Waals surface area (Å²) in [6, 6.07) is 15.5. The zero-order valence-electron chi connectivity index (χ0n) is 8.79. The molecule has 2 rings (SSSR count). The summed E-state index contributed by atoms with van der Waals surface area (Å²) in [5.74, 6) is 0. The van der Waals surface area contributed by atoms with Gasteiger partial charge in [-0.1, -0.05) is 29.8 Å². The molecular weight excluding hydrogens is 275 g/mol. The first-order valence-corrected chi connectivity index (χ1v) is 8.37. The second-order valence-electron chi connectivity index (χ2n) is 3.40. The minimum atomic E-state index is -3.41. The Morgan fingerprint density at radius 3 is 2.18 bits per heavy atom. The highest BCUT2D eigenvalue weighted by Gasteiger charge is 2.22. The van der Waals surface area contributed by atoms with Crippen LogP contribution in [-0.2, 0) is 4.57 Å². The van der Waals surface area contributed by atoms with Crippen molar-refractivity contribution in [3.05, 3.63) is 59.6 Å². The maximum atomic E-state index is 12.2. The van der Waals surface area contributed by atoms with Gasteiger partial charge in [-0.15, -0.1) is 0 Å². The molecule has 1 unspecified atom stereocenters. The molecule has 2 aromatic rings. The Morgan fingerprint density at radius 2 is 1.59 bits per heavy atom. The minimum Gasteiger partial charge on any atom is -0.333 e. The van der Waals surface area contributed by atoms with Gasteiger partial charge < -0.3 is 4.89 Å². The highest BCUT2D eigenvalue weighted by Crippen LogP contribution is 2.57. The molecule has 2 nitrogen and oxygen atoms in total. The third-order valence-corrected chi connectivity index (χ3v) is 6.07. The molecule has 0 aliphatic carbocycles. The quantitative estimate of drug-likeness (QED) is 0.867. The largest absolute Gasteiger partial charge is 0.333 e.